The third-order valence-corrected chi connectivity index (χ3v) is 4.27. The zero-order valence-corrected chi connectivity index (χ0v) is 13.1. The highest BCUT2D eigenvalue weighted by Crippen LogP contribution is 2.28. The summed E-state index contributed by atoms with van der Waals surface area (Å²) < 4.78 is 0. The Hall–Kier alpha value is -1.31. The standard InChI is InChI=1S/C18H22ClN/c1-12(2)18(20)11-14-7-9-15(10-8-14)16-5-4-6-17(19)13(16)3/h4-10,12,18H,11,20H2,1-3H3. The molecule has 0 amide bonds. The van der Waals surface area contributed by atoms with Gasteiger partial charge in [-0.05, 0) is 47.6 Å². The lowest BCUT2D eigenvalue weighted by atomic mass is 9.95. The Morgan fingerprint density at radius 3 is 2.30 bits per heavy atom. The smallest absolute Gasteiger partial charge is 0.0441 e. The second kappa shape index (κ2) is 6.43. The van der Waals surface area contributed by atoms with Gasteiger partial charge in [0.2, 0.25) is 0 Å². The molecule has 0 aliphatic rings. The summed E-state index contributed by atoms with van der Waals surface area (Å²) in [6, 6.07) is 14.9. The van der Waals surface area contributed by atoms with Crippen molar-refractivity contribution in [2.24, 2.45) is 11.7 Å². The molecule has 0 heterocycles. The zero-order valence-electron chi connectivity index (χ0n) is 12.4. The van der Waals surface area contributed by atoms with E-state index < -0.39 is 0 Å². The first-order chi connectivity index (χ1) is 9.49. The number of nitrogens with two attached hydrogens (primary N) is 1. The summed E-state index contributed by atoms with van der Waals surface area (Å²) >= 11 is 6.18. The predicted molar refractivity (Wildman–Crippen MR) is 88.1 cm³/mol. The lowest BCUT2D eigenvalue weighted by Crippen LogP contribution is -2.28. The average Bonchev–Trinajstić information content (AvgIpc) is 2.43. The Bertz CT molecular complexity index is 572. The van der Waals surface area contributed by atoms with Crippen LogP contribution in [0.2, 0.25) is 5.02 Å². The summed E-state index contributed by atoms with van der Waals surface area (Å²) in [5.41, 5.74) is 10.9. The molecule has 0 aromatic heterocycles. The van der Waals surface area contributed by atoms with E-state index >= 15 is 0 Å². The van der Waals surface area contributed by atoms with Crippen LogP contribution in [-0.2, 0) is 6.42 Å². The van der Waals surface area contributed by atoms with Crippen LogP contribution < -0.4 is 5.73 Å². The van der Waals surface area contributed by atoms with Crippen molar-refractivity contribution in [3.05, 3.63) is 58.6 Å². The molecule has 0 saturated carbocycles. The van der Waals surface area contributed by atoms with Crippen molar-refractivity contribution in [1.29, 1.82) is 0 Å². The van der Waals surface area contributed by atoms with E-state index in [2.05, 4.69) is 51.1 Å². The Morgan fingerprint density at radius 2 is 1.70 bits per heavy atom. The fraction of sp³-hybridized carbons (Fsp3) is 0.333. The molecule has 0 bridgehead atoms. The molecule has 1 nitrogen and oxygen atoms in total. The minimum absolute atomic E-state index is 0.216. The maximum Gasteiger partial charge on any atom is 0.0441 e. The van der Waals surface area contributed by atoms with Gasteiger partial charge in [0.05, 0.1) is 0 Å². The lowest BCUT2D eigenvalue weighted by molar-refractivity contribution is 0.490. The van der Waals surface area contributed by atoms with Gasteiger partial charge in [-0.2, -0.15) is 0 Å². The highest BCUT2D eigenvalue weighted by atomic mass is 35.5. The van der Waals surface area contributed by atoms with Crippen LogP contribution in [0, 0.1) is 12.8 Å². The molecule has 0 aliphatic carbocycles. The molecule has 20 heavy (non-hydrogen) atoms. The highest BCUT2D eigenvalue weighted by molar-refractivity contribution is 6.31. The third-order valence-electron chi connectivity index (χ3n) is 3.86. The Labute approximate surface area is 126 Å². The molecular formula is C18H22ClN. The zero-order chi connectivity index (χ0) is 14.7. The minimum Gasteiger partial charge on any atom is -0.327 e. The first-order valence-corrected chi connectivity index (χ1v) is 7.47. The lowest BCUT2D eigenvalue weighted by Gasteiger charge is -2.16. The van der Waals surface area contributed by atoms with E-state index in [-0.39, 0.29) is 6.04 Å². The van der Waals surface area contributed by atoms with Crippen molar-refractivity contribution >= 4 is 11.6 Å². The molecule has 0 spiro atoms. The van der Waals surface area contributed by atoms with E-state index in [0.29, 0.717) is 5.92 Å². The Morgan fingerprint density at radius 1 is 1.05 bits per heavy atom. The molecule has 2 aromatic rings. The summed E-state index contributed by atoms with van der Waals surface area (Å²) in [7, 11) is 0. The first kappa shape index (κ1) is 15.1. The molecule has 2 rings (SSSR count). The molecule has 1 unspecified atom stereocenters. The fourth-order valence-electron chi connectivity index (χ4n) is 2.25. The summed E-state index contributed by atoms with van der Waals surface area (Å²) in [4.78, 5) is 0. The van der Waals surface area contributed by atoms with Crippen molar-refractivity contribution < 1.29 is 0 Å². The van der Waals surface area contributed by atoms with Crippen molar-refractivity contribution in [2.45, 2.75) is 33.2 Å². The maximum atomic E-state index is 6.18. The van der Waals surface area contributed by atoms with Gasteiger partial charge in [0.25, 0.3) is 0 Å². The second-order valence-corrected chi connectivity index (χ2v) is 6.13. The Balaban J connectivity index is 2.22. The van der Waals surface area contributed by atoms with Crippen molar-refractivity contribution in [2.75, 3.05) is 0 Å². The van der Waals surface area contributed by atoms with E-state index in [1.807, 2.05) is 12.1 Å². The van der Waals surface area contributed by atoms with E-state index in [1.54, 1.807) is 0 Å². The van der Waals surface area contributed by atoms with Crippen LogP contribution in [0.1, 0.15) is 25.0 Å². The second-order valence-electron chi connectivity index (χ2n) is 5.72. The number of hydrogen-bond acceptors (Lipinski definition) is 1. The Kier molecular flexibility index (Phi) is 4.85. The summed E-state index contributed by atoms with van der Waals surface area (Å²) in [5, 5.41) is 0.813. The van der Waals surface area contributed by atoms with Crippen molar-refractivity contribution in [3.8, 4) is 11.1 Å². The monoisotopic (exact) mass is 287 g/mol. The van der Waals surface area contributed by atoms with Gasteiger partial charge >= 0.3 is 0 Å². The van der Waals surface area contributed by atoms with Crippen LogP contribution >= 0.6 is 11.6 Å². The van der Waals surface area contributed by atoms with Gasteiger partial charge in [0.15, 0.2) is 0 Å². The highest BCUT2D eigenvalue weighted by Gasteiger charge is 2.09. The van der Waals surface area contributed by atoms with Gasteiger partial charge in [0.1, 0.15) is 0 Å². The van der Waals surface area contributed by atoms with Crippen LogP contribution in [0.15, 0.2) is 42.5 Å². The minimum atomic E-state index is 0.216. The van der Waals surface area contributed by atoms with Crippen LogP contribution in [0.5, 0.6) is 0 Å². The predicted octanol–water partition coefficient (Wildman–Crippen LogP) is 4.84. The molecule has 0 saturated heterocycles. The molecule has 2 N–H and O–H groups in total. The molecule has 1 atom stereocenters. The van der Waals surface area contributed by atoms with Crippen molar-refractivity contribution in [1.82, 2.24) is 0 Å². The number of hydrogen-bond donors (Lipinski definition) is 1. The van der Waals surface area contributed by atoms with Gasteiger partial charge in [-0.3, -0.25) is 0 Å². The molecule has 2 heteroatoms. The summed E-state index contributed by atoms with van der Waals surface area (Å²) in [6.45, 7) is 6.38. The molecule has 106 valence electrons. The molecule has 2 aromatic carbocycles. The van der Waals surface area contributed by atoms with E-state index in [1.165, 1.54) is 16.7 Å². The van der Waals surface area contributed by atoms with Crippen molar-refractivity contribution in [3.63, 3.8) is 0 Å². The van der Waals surface area contributed by atoms with E-state index in [9.17, 15) is 0 Å². The largest absolute Gasteiger partial charge is 0.327 e. The molecule has 0 fully saturated rings. The van der Waals surface area contributed by atoms with Crippen LogP contribution in [0.4, 0.5) is 0 Å². The van der Waals surface area contributed by atoms with Gasteiger partial charge in [-0.1, -0.05) is 61.8 Å². The van der Waals surface area contributed by atoms with Gasteiger partial charge in [0, 0.05) is 11.1 Å². The van der Waals surface area contributed by atoms with Crippen LogP contribution in [0.25, 0.3) is 11.1 Å². The van der Waals surface area contributed by atoms with E-state index in [4.69, 9.17) is 17.3 Å². The molecule has 0 radical (unpaired) electrons. The number of benzene rings is 2. The SMILES string of the molecule is Cc1c(Cl)cccc1-c1ccc(CC(N)C(C)C)cc1. The number of halogens is 1. The average molecular weight is 288 g/mol. The third kappa shape index (κ3) is 3.41. The van der Waals surface area contributed by atoms with Gasteiger partial charge in [-0.15, -0.1) is 0 Å². The summed E-state index contributed by atoms with van der Waals surface area (Å²) in [6.07, 6.45) is 0.923. The quantitative estimate of drug-likeness (QED) is 0.855. The van der Waals surface area contributed by atoms with Crippen LogP contribution in [0.3, 0.4) is 0 Å². The fourth-order valence-corrected chi connectivity index (χ4v) is 2.42. The van der Waals surface area contributed by atoms with Crippen LogP contribution in [-0.4, -0.2) is 6.04 Å². The summed E-state index contributed by atoms with van der Waals surface area (Å²) in [5.74, 6) is 0.504. The first-order valence-electron chi connectivity index (χ1n) is 7.09. The maximum absolute atomic E-state index is 6.18. The van der Waals surface area contributed by atoms with Gasteiger partial charge in [-0.25, -0.2) is 0 Å². The normalized spacial score (nSPS) is 12.7. The molecular weight excluding hydrogens is 266 g/mol. The van der Waals surface area contributed by atoms with Gasteiger partial charge < -0.3 is 5.73 Å². The van der Waals surface area contributed by atoms with E-state index in [0.717, 1.165) is 17.0 Å². The topological polar surface area (TPSA) is 26.0 Å². The molecule has 0 aliphatic heterocycles. The number of rotatable bonds is 4.